The molecule has 0 saturated heterocycles. The van der Waals surface area contributed by atoms with Crippen molar-refractivity contribution in [2.45, 2.75) is 6.92 Å². The summed E-state index contributed by atoms with van der Waals surface area (Å²) in [4.78, 5) is 19.3. The number of nitrogens with two attached hydrogens (primary N) is 1. The number of nitrogens with zero attached hydrogens (tertiary/aromatic N) is 3. The molecule has 0 aliphatic carbocycles. The zero-order valence-corrected chi connectivity index (χ0v) is 18.2. The van der Waals surface area contributed by atoms with Gasteiger partial charge in [0, 0.05) is 30.4 Å². The summed E-state index contributed by atoms with van der Waals surface area (Å²) in [5, 5.41) is 11.0. The van der Waals surface area contributed by atoms with E-state index in [0.29, 0.717) is 22.7 Å². The van der Waals surface area contributed by atoms with E-state index in [0.717, 1.165) is 16.7 Å². The molecule has 0 atom stereocenters. The molecule has 0 unspecified atom stereocenters. The first-order valence-electron chi connectivity index (χ1n) is 10.2. The Morgan fingerprint density at radius 1 is 0.879 bits per heavy atom. The Balaban J connectivity index is 1.81. The molecule has 0 radical (unpaired) electrons. The van der Waals surface area contributed by atoms with Gasteiger partial charge in [0.05, 0.1) is 16.3 Å². The number of nitrogen functional groups attached to an aromatic ring is 1. The molecule has 3 aromatic carbocycles. The minimum Gasteiger partial charge on any atom is -0.467 e. The molecule has 8 nitrogen and oxygen atoms in total. The molecule has 33 heavy (non-hydrogen) atoms. The Kier molecular flexibility index (Phi) is 6.28. The van der Waals surface area contributed by atoms with E-state index in [-0.39, 0.29) is 18.4 Å². The number of non-ortho nitro benzene ring substituents is 1. The number of rotatable bonds is 7. The van der Waals surface area contributed by atoms with E-state index >= 15 is 0 Å². The molecule has 2 N–H and O–H groups in total. The summed E-state index contributed by atoms with van der Waals surface area (Å²) in [6.07, 6.45) is 0. The highest BCUT2D eigenvalue weighted by Gasteiger charge is 2.14. The summed E-state index contributed by atoms with van der Waals surface area (Å²) < 4.78 is 10.9. The van der Waals surface area contributed by atoms with Gasteiger partial charge in [0.15, 0.2) is 6.79 Å². The van der Waals surface area contributed by atoms with Gasteiger partial charge in [0.2, 0.25) is 5.95 Å². The van der Waals surface area contributed by atoms with Crippen LogP contribution in [0, 0.1) is 17.0 Å². The molecule has 1 aromatic heterocycles. The highest BCUT2D eigenvalue weighted by atomic mass is 16.7. The van der Waals surface area contributed by atoms with Crippen molar-refractivity contribution < 1.29 is 14.4 Å². The molecule has 0 aliphatic heterocycles. The van der Waals surface area contributed by atoms with Crippen LogP contribution in [0.5, 0.6) is 5.75 Å². The molecule has 4 aromatic rings. The van der Waals surface area contributed by atoms with Crippen LogP contribution in [0.25, 0.3) is 33.6 Å². The van der Waals surface area contributed by atoms with Gasteiger partial charge < -0.3 is 15.2 Å². The van der Waals surface area contributed by atoms with Crippen LogP contribution < -0.4 is 10.5 Å². The lowest BCUT2D eigenvalue weighted by molar-refractivity contribution is -0.384. The monoisotopic (exact) mass is 442 g/mol. The van der Waals surface area contributed by atoms with Gasteiger partial charge in [-0.25, -0.2) is 9.97 Å². The number of hydrogen-bond acceptors (Lipinski definition) is 7. The SMILES string of the molecule is COCOc1ccc(-c2ccc(C)cc2)cc1-c1cc(-c2ccc([N+](=O)[O-])cc2)nc(N)n1. The molecule has 166 valence electrons. The second-order valence-corrected chi connectivity index (χ2v) is 7.43. The van der Waals surface area contributed by atoms with Crippen LogP contribution in [0.4, 0.5) is 11.6 Å². The van der Waals surface area contributed by atoms with Crippen molar-refractivity contribution in [2.24, 2.45) is 0 Å². The fourth-order valence-electron chi connectivity index (χ4n) is 3.41. The summed E-state index contributed by atoms with van der Waals surface area (Å²) in [7, 11) is 1.55. The summed E-state index contributed by atoms with van der Waals surface area (Å²) in [6.45, 7) is 2.12. The highest BCUT2D eigenvalue weighted by molar-refractivity contribution is 5.78. The zero-order valence-electron chi connectivity index (χ0n) is 18.2. The fourth-order valence-corrected chi connectivity index (χ4v) is 3.41. The van der Waals surface area contributed by atoms with Crippen molar-refractivity contribution in [2.75, 3.05) is 19.6 Å². The topological polar surface area (TPSA) is 113 Å². The third kappa shape index (κ3) is 4.97. The average Bonchev–Trinajstić information content (AvgIpc) is 2.83. The van der Waals surface area contributed by atoms with E-state index in [9.17, 15) is 10.1 Å². The van der Waals surface area contributed by atoms with Gasteiger partial charge in [-0.1, -0.05) is 35.9 Å². The van der Waals surface area contributed by atoms with Crippen molar-refractivity contribution in [1.82, 2.24) is 9.97 Å². The molecule has 0 bridgehead atoms. The summed E-state index contributed by atoms with van der Waals surface area (Å²) in [5.41, 5.74) is 11.8. The van der Waals surface area contributed by atoms with Crippen LogP contribution >= 0.6 is 0 Å². The second kappa shape index (κ2) is 9.46. The number of anilines is 1. The smallest absolute Gasteiger partial charge is 0.269 e. The molecule has 0 fully saturated rings. The molecule has 0 aliphatic rings. The normalized spacial score (nSPS) is 10.7. The Bertz CT molecular complexity index is 1290. The van der Waals surface area contributed by atoms with E-state index in [1.165, 1.54) is 17.7 Å². The first kappa shape index (κ1) is 21.9. The van der Waals surface area contributed by atoms with E-state index in [1.807, 2.05) is 25.1 Å². The van der Waals surface area contributed by atoms with Crippen LogP contribution in [0.3, 0.4) is 0 Å². The summed E-state index contributed by atoms with van der Waals surface area (Å²) in [6, 6.07) is 22.0. The van der Waals surface area contributed by atoms with Gasteiger partial charge in [-0.2, -0.15) is 0 Å². The first-order chi connectivity index (χ1) is 15.9. The minimum atomic E-state index is -0.445. The van der Waals surface area contributed by atoms with Gasteiger partial charge in [0.1, 0.15) is 5.75 Å². The van der Waals surface area contributed by atoms with Crippen LogP contribution in [0.15, 0.2) is 72.8 Å². The Morgan fingerprint density at radius 2 is 1.52 bits per heavy atom. The van der Waals surface area contributed by atoms with E-state index in [4.69, 9.17) is 15.2 Å². The van der Waals surface area contributed by atoms with Crippen LogP contribution in [0.1, 0.15) is 5.56 Å². The number of benzene rings is 3. The number of methoxy groups -OCH3 is 1. The first-order valence-corrected chi connectivity index (χ1v) is 10.2. The van der Waals surface area contributed by atoms with Crippen molar-refractivity contribution >= 4 is 11.6 Å². The number of nitro groups is 1. The quantitative estimate of drug-likeness (QED) is 0.236. The molecule has 0 saturated carbocycles. The molecule has 0 amide bonds. The lowest BCUT2D eigenvalue weighted by Gasteiger charge is -2.14. The van der Waals surface area contributed by atoms with Crippen molar-refractivity contribution in [3.8, 4) is 39.4 Å². The van der Waals surface area contributed by atoms with Gasteiger partial charge in [-0.15, -0.1) is 0 Å². The predicted molar refractivity (Wildman–Crippen MR) is 127 cm³/mol. The average molecular weight is 442 g/mol. The predicted octanol–water partition coefficient (Wildman–Crippen LogP) is 5.26. The second-order valence-electron chi connectivity index (χ2n) is 7.43. The third-order valence-corrected chi connectivity index (χ3v) is 5.09. The van der Waals surface area contributed by atoms with Gasteiger partial charge in [-0.05, 0) is 48.4 Å². The number of nitro benzene ring substituents is 1. The zero-order chi connectivity index (χ0) is 23.4. The molecule has 1 heterocycles. The standard InChI is InChI=1S/C25H22N4O4/c1-16-3-5-17(6-4-16)19-9-12-24(33-15-32-2)21(13-19)23-14-22(27-25(26)28-23)18-7-10-20(11-8-18)29(30)31/h3-14H,15H2,1-2H3,(H2,26,27,28). The summed E-state index contributed by atoms with van der Waals surface area (Å²) >= 11 is 0. The number of hydrogen-bond donors (Lipinski definition) is 1. The lowest BCUT2D eigenvalue weighted by atomic mass is 9.99. The van der Waals surface area contributed by atoms with Crippen molar-refractivity contribution in [3.63, 3.8) is 0 Å². The molecule has 0 spiro atoms. The van der Waals surface area contributed by atoms with Crippen LogP contribution in [-0.2, 0) is 4.74 Å². The number of aromatic nitrogens is 2. The van der Waals surface area contributed by atoms with E-state index in [2.05, 4.69) is 34.2 Å². The Labute approximate surface area is 190 Å². The Morgan fingerprint density at radius 3 is 2.18 bits per heavy atom. The van der Waals surface area contributed by atoms with Crippen molar-refractivity contribution in [1.29, 1.82) is 0 Å². The highest BCUT2D eigenvalue weighted by Crippen LogP contribution is 2.35. The molecule has 8 heteroatoms. The van der Waals surface area contributed by atoms with Crippen molar-refractivity contribution in [3.05, 3.63) is 88.5 Å². The molecular formula is C25H22N4O4. The van der Waals surface area contributed by atoms with Gasteiger partial charge in [0.25, 0.3) is 5.69 Å². The number of aryl methyl sites for hydroxylation is 1. The van der Waals surface area contributed by atoms with E-state index in [1.54, 1.807) is 25.3 Å². The fraction of sp³-hybridized carbons (Fsp3) is 0.120. The van der Waals surface area contributed by atoms with E-state index < -0.39 is 4.92 Å². The summed E-state index contributed by atoms with van der Waals surface area (Å²) in [5.74, 6) is 0.666. The molecule has 4 rings (SSSR count). The number of ether oxygens (including phenoxy) is 2. The molecular weight excluding hydrogens is 420 g/mol. The van der Waals surface area contributed by atoms with Crippen LogP contribution in [0.2, 0.25) is 0 Å². The lowest BCUT2D eigenvalue weighted by Crippen LogP contribution is -2.03. The largest absolute Gasteiger partial charge is 0.467 e. The maximum absolute atomic E-state index is 11.0. The third-order valence-electron chi connectivity index (χ3n) is 5.09. The Hall–Kier alpha value is -4.30. The van der Waals surface area contributed by atoms with Crippen LogP contribution in [-0.4, -0.2) is 28.8 Å². The maximum Gasteiger partial charge on any atom is 0.269 e. The minimum absolute atomic E-state index is 0.00190. The van der Waals surface area contributed by atoms with Gasteiger partial charge >= 0.3 is 0 Å². The maximum atomic E-state index is 11.0. The van der Waals surface area contributed by atoms with Gasteiger partial charge in [-0.3, -0.25) is 10.1 Å².